The first-order chi connectivity index (χ1) is 10.8. The van der Waals surface area contributed by atoms with Crippen LogP contribution in [0.25, 0.3) is 5.69 Å². The molecule has 0 aliphatic heterocycles. The zero-order valence-corrected chi connectivity index (χ0v) is 12.4. The van der Waals surface area contributed by atoms with Crippen molar-refractivity contribution in [2.75, 3.05) is 11.4 Å². The lowest BCUT2D eigenvalue weighted by Crippen LogP contribution is -2.30. The van der Waals surface area contributed by atoms with E-state index in [2.05, 4.69) is 5.10 Å². The molecule has 110 valence electrons. The van der Waals surface area contributed by atoms with Gasteiger partial charge in [-0.2, -0.15) is 5.10 Å². The predicted octanol–water partition coefficient (Wildman–Crippen LogP) is 3.54. The van der Waals surface area contributed by atoms with Crippen molar-refractivity contribution < 1.29 is 4.79 Å². The summed E-state index contributed by atoms with van der Waals surface area (Å²) in [4.78, 5) is 14.4. The van der Waals surface area contributed by atoms with Crippen molar-refractivity contribution in [2.45, 2.75) is 6.92 Å². The summed E-state index contributed by atoms with van der Waals surface area (Å²) in [5.74, 6) is 0.000662. The van der Waals surface area contributed by atoms with Gasteiger partial charge in [0.25, 0.3) is 5.91 Å². The molecule has 1 heterocycles. The molecule has 1 aromatic heterocycles. The molecule has 0 aliphatic carbocycles. The van der Waals surface area contributed by atoms with E-state index < -0.39 is 0 Å². The lowest BCUT2D eigenvalue weighted by atomic mass is 10.1. The molecule has 0 bridgehead atoms. The van der Waals surface area contributed by atoms with Gasteiger partial charge in [0.1, 0.15) is 0 Å². The first kappa shape index (κ1) is 14.1. The van der Waals surface area contributed by atoms with Crippen molar-refractivity contribution in [2.24, 2.45) is 0 Å². The smallest absolute Gasteiger partial charge is 0.258 e. The largest absolute Gasteiger partial charge is 0.309 e. The molecular formula is C18H17N3O. The quantitative estimate of drug-likeness (QED) is 0.737. The summed E-state index contributed by atoms with van der Waals surface area (Å²) in [6.07, 6.45) is 3.60. The molecule has 0 N–H and O–H groups in total. The van der Waals surface area contributed by atoms with E-state index in [9.17, 15) is 4.79 Å². The number of benzene rings is 2. The normalized spacial score (nSPS) is 10.4. The molecule has 3 aromatic rings. The van der Waals surface area contributed by atoms with Gasteiger partial charge in [-0.25, -0.2) is 4.68 Å². The number of carbonyl (C=O) groups excluding carboxylic acids is 1. The minimum atomic E-state index is 0.000662. The Hall–Kier alpha value is -2.88. The number of carbonyl (C=O) groups is 1. The highest BCUT2D eigenvalue weighted by atomic mass is 16.2. The van der Waals surface area contributed by atoms with E-state index >= 15 is 0 Å². The summed E-state index contributed by atoms with van der Waals surface area (Å²) in [7, 11) is 0. The molecule has 0 aliphatic rings. The van der Waals surface area contributed by atoms with Crippen LogP contribution in [0.2, 0.25) is 0 Å². The molecule has 0 spiro atoms. The summed E-state index contributed by atoms with van der Waals surface area (Å²) in [5, 5.41) is 4.18. The SMILES string of the molecule is CCN(C(=O)c1ccc(-n2cccn2)cc1)c1ccccc1. The number of aromatic nitrogens is 2. The van der Waals surface area contributed by atoms with Crippen molar-refractivity contribution in [3.8, 4) is 5.69 Å². The van der Waals surface area contributed by atoms with Crippen LogP contribution in [0.5, 0.6) is 0 Å². The van der Waals surface area contributed by atoms with Gasteiger partial charge in [0.2, 0.25) is 0 Å². The first-order valence-corrected chi connectivity index (χ1v) is 7.26. The predicted molar refractivity (Wildman–Crippen MR) is 87.4 cm³/mol. The minimum absolute atomic E-state index is 0.000662. The number of anilines is 1. The Morgan fingerprint density at radius 1 is 1.05 bits per heavy atom. The maximum atomic E-state index is 12.7. The Kier molecular flexibility index (Phi) is 4.01. The van der Waals surface area contributed by atoms with Crippen molar-refractivity contribution in [1.29, 1.82) is 0 Å². The fourth-order valence-corrected chi connectivity index (χ4v) is 2.39. The van der Waals surface area contributed by atoms with Crippen LogP contribution in [-0.2, 0) is 0 Å². The molecule has 0 atom stereocenters. The fraction of sp³-hybridized carbons (Fsp3) is 0.111. The minimum Gasteiger partial charge on any atom is -0.309 e. The Bertz CT molecular complexity index is 734. The van der Waals surface area contributed by atoms with Crippen LogP contribution in [0.1, 0.15) is 17.3 Å². The molecule has 3 rings (SSSR count). The van der Waals surface area contributed by atoms with Crippen LogP contribution in [-0.4, -0.2) is 22.2 Å². The number of nitrogens with zero attached hydrogens (tertiary/aromatic N) is 3. The molecule has 22 heavy (non-hydrogen) atoms. The third kappa shape index (κ3) is 2.76. The Morgan fingerprint density at radius 2 is 1.77 bits per heavy atom. The second kappa shape index (κ2) is 6.26. The third-order valence-corrected chi connectivity index (χ3v) is 3.51. The molecule has 0 unspecified atom stereocenters. The summed E-state index contributed by atoms with van der Waals surface area (Å²) < 4.78 is 1.77. The molecule has 0 fully saturated rings. The summed E-state index contributed by atoms with van der Waals surface area (Å²) in [5.41, 5.74) is 2.51. The highest BCUT2D eigenvalue weighted by Gasteiger charge is 2.15. The maximum Gasteiger partial charge on any atom is 0.258 e. The second-order valence-corrected chi connectivity index (χ2v) is 4.88. The fourth-order valence-electron chi connectivity index (χ4n) is 2.39. The van der Waals surface area contributed by atoms with E-state index in [1.54, 1.807) is 15.8 Å². The average Bonchev–Trinajstić information content (AvgIpc) is 3.11. The number of para-hydroxylation sites is 1. The second-order valence-electron chi connectivity index (χ2n) is 4.88. The van der Waals surface area contributed by atoms with Crippen LogP contribution in [0, 0.1) is 0 Å². The lowest BCUT2D eigenvalue weighted by molar-refractivity contribution is 0.0988. The zero-order chi connectivity index (χ0) is 15.4. The highest BCUT2D eigenvalue weighted by molar-refractivity contribution is 6.06. The summed E-state index contributed by atoms with van der Waals surface area (Å²) in [6.45, 7) is 2.60. The van der Waals surface area contributed by atoms with Crippen LogP contribution < -0.4 is 4.90 Å². The van der Waals surface area contributed by atoms with Gasteiger partial charge in [0.05, 0.1) is 5.69 Å². The Balaban J connectivity index is 1.85. The lowest BCUT2D eigenvalue weighted by Gasteiger charge is -2.21. The van der Waals surface area contributed by atoms with Crippen LogP contribution in [0.15, 0.2) is 73.1 Å². The van der Waals surface area contributed by atoms with Crippen molar-refractivity contribution in [3.05, 3.63) is 78.6 Å². The van der Waals surface area contributed by atoms with Gasteiger partial charge in [-0.15, -0.1) is 0 Å². The third-order valence-electron chi connectivity index (χ3n) is 3.51. The van der Waals surface area contributed by atoms with Crippen LogP contribution in [0.3, 0.4) is 0 Å². The van der Waals surface area contributed by atoms with Gasteiger partial charge in [-0.1, -0.05) is 18.2 Å². The molecule has 0 saturated heterocycles. The maximum absolute atomic E-state index is 12.7. The number of rotatable bonds is 4. The van der Waals surface area contributed by atoms with Crippen LogP contribution >= 0.6 is 0 Å². The van der Waals surface area contributed by atoms with Crippen molar-refractivity contribution in [3.63, 3.8) is 0 Å². The number of amides is 1. The number of hydrogen-bond donors (Lipinski definition) is 0. The monoisotopic (exact) mass is 291 g/mol. The van der Waals surface area contributed by atoms with E-state index in [0.717, 1.165) is 11.4 Å². The van der Waals surface area contributed by atoms with Crippen molar-refractivity contribution >= 4 is 11.6 Å². The van der Waals surface area contributed by atoms with E-state index in [0.29, 0.717) is 12.1 Å². The molecular weight excluding hydrogens is 274 g/mol. The van der Waals surface area contributed by atoms with Crippen LogP contribution in [0.4, 0.5) is 5.69 Å². The van der Waals surface area contributed by atoms with E-state index in [1.807, 2.05) is 73.8 Å². The van der Waals surface area contributed by atoms with E-state index in [4.69, 9.17) is 0 Å². The molecule has 4 nitrogen and oxygen atoms in total. The molecule has 4 heteroatoms. The molecule has 1 amide bonds. The average molecular weight is 291 g/mol. The summed E-state index contributed by atoms with van der Waals surface area (Å²) in [6, 6.07) is 19.1. The standard InChI is InChI=1S/C18H17N3O/c1-2-20(16-7-4-3-5-8-16)18(22)15-9-11-17(12-10-15)21-14-6-13-19-21/h3-14H,2H2,1H3. The van der Waals surface area contributed by atoms with Gasteiger partial charge in [0.15, 0.2) is 0 Å². The van der Waals surface area contributed by atoms with Gasteiger partial charge >= 0.3 is 0 Å². The number of hydrogen-bond acceptors (Lipinski definition) is 2. The highest BCUT2D eigenvalue weighted by Crippen LogP contribution is 2.17. The topological polar surface area (TPSA) is 38.1 Å². The van der Waals surface area contributed by atoms with Crippen molar-refractivity contribution in [1.82, 2.24) is 9.78 Å². The van der Waals surface area contributed by atoms with E-state index in [1.165, 1.54) is 0 Å². The van der Waals surface area contributed by atoms with Gasteiger partial charge < -0.3 is 4.90 Å². The molecule has 0 saturated carbocycles. The van der Waals surface area contributed by atoms with E-state index in [-0.39, 0.29) is 5.91 Å². The molecule has 0 radical (unpaired) electrons. The Labute approximate surface area is 129 Å². The Morgan fingerprint density at radius 3 is 2.36 bits per heavy atom. The molecule has 2 aromatic carbocycles. The van der Waals surface area contributed by atoms with Gasteiger partial charge in [0, 0.05) is 30.2 Å². The van der Waals surface area contributed by atoms with Gasteiger partial charge in [-0.05, 0) is 49.4 Å². The summed E-state index contributed by atoms with van der Waals surface area (Å²) >= 11 is 0. The van der Waals surface area contributed by atoms with Gasteiger partial charge in [-0.3, -0.25) is 4.79 Å². The zero-order valence-electron chi connectivity index (χ0n) is 12.4. The first-order valence-electron chi connectivity index (χ1n) is 7.26.